The second-order valence-electron chi connectivity index (χ2n) is 5.96. The molecule has 1 atom stereocenters. The van der Waals surface area contributed by atoms with Gasteiger partial charge in [0.1, 0.15) is 0 Å². The van der Waals surface area contributed by atoms with Gasteiger partial charge in [0.25, 0.3) is 0 Å². The average Bonchev–Trinajstić information content (AvgIpc) is 2.66. The van der Waals surface area contributed by atoms with Crippen LogP contribution in [0.5, 0.6) is 0 Å². The first-order chi connectivity index (χ1) is 10.3. The molecular formula is C19H36NOSiTi. The van der Waals surface area contributed by atoms with Gasteiger partial charge in [0.05, 0.1) is 0 Å². The Morgan fingerprint density at radius 1 is 1.13 bits per heavy atom. The first-order valence-corrected chi connectivity index (χ1v) is 10.9. The van der Waals surface area contributed by atoms with Crippen molar-refractivity contribution in [3.8, 4) is 0 Å². The Morgan fingerprint density at radius 3 is 1.87 bits per heavy atom. The molecule has 4 heteroatoms. The van der Waals surface area contributed by atoms with Gasteiger partial charge in [0.15, 0.2) is 0 Å². The van der Waals surface area contributed by atoms with Gasteiger partial charge in [0, 0.05) is 15.4 Å². The molecule has 1 aliphatic carbocycles. The number of allylic oxidation sites excluding steroid dienone is 4. The van der Waals surface area contributed by atoms with Gasteiger partial charge in [-0.1, -0.05) is 72.4 Å². The summed E-state index contributed by atoms with van der Waals surface area (Å²) in [5.74, 6) is 0.140. The van der Waals surface area contributed by atoms with Crippen molar-refractivity contribution >= 4 is 15.4 Å². The Bertz CT molecular complexity index is 364. The molecule has 131 valence electrons. The standard InChI is InChI=1S/C9H13.C8H17NO.C2H7Si.Ti/c1-6-5-7(2)9(4)8(6)3;1-2-3-4-5-6-7-8(9)10;1-3-2;/h6H,1-4H3;2-7H2,1H3,(H2,9,10);3H,1-2H3;/q-1;;;+2/p-1. The molecular weight excluding hydrogens is 334 g/mol. The smallest absolute Gasteiger partial charge is 0.668 e. The molecule has 1 rings (SSSR count). The van der Waals surface area contributed by atoms with E-state index in [1.54, 1.807) is 0 Å². The zero-order valence-corrected chi connectivity index (χ0v) is 19.0. The summed E-state index contributed by atoms with van der Waals surface area (Å²) in [5, 5.41) is 0. The zero-order chi connectivity index (χ0) is 17.5. The quantitative estimate of drug-likeness (QED) is 0.313. The van der Waals surface area contributed by atoms with Crippen molar-refractivity contribution in [1.29, 1.82) is 0 Å². The fourth-order valence-electron chi connectivity index (χ4n) is 2.05. The molecule has 0 aliphatic heterocycles. The molecule has 1 N–H and O–H groups in total. The molecule has 1 radical (unpaired) electrons. The van der Waals surface area contributed by atoms with E-state index >= 15 is 0 Å². The first kappa shape index (κ1) is 27.7. The van der Waals surface area contributed by atoms with Crippen LogP contribution < -0.4 is 0 Å². The van der Waals surface area contributed by atoms with Crippen LogP contribution in [0.2, 0.25) is 13.1 Å². The van der Waals surface area contributed by atoms with E-state index in [1.165, 1.54) is 36.0 Å². The van der Waals surface area contributed by atoms with Gasteiger partial charge in [-0.05, 0) is 12.8 Å². The maximum atomic E-state index is 10.1. The van der Waals surface area contributed by atoms with Gasteiger partial charge in [0.2, 0.25) is 0 Å². The molecule has 0 aromatic carbocycles. The first-order valence-electron chi connectivity index (χ1n) is 8.57. The molecule has 0 saturated heterocycles. The topological polar surface area (TPSA) is 40.9 Å². The fourth-order valence-corrected chi connectivity index (χ4v) is 2.05. The maximum absolute atomic E-state index is 10.1. The summed E-state index contributed by atoms with van der Waals surface area (Å²) < 4.78 is 0. The van der Waals surface area contributed by atoms with Crippen LogP contribution in [0.1, 0.15) is 73.1 Å². The van der Waals surface area contributed by atoms with Gasteiger partial charge in [-0.15, -0.1) is 6.92 Å². The van der Waals surface area contributed by atoms with E-state index in [1.807, 2.05) is 0 Å². The number of unbranched alkanes of at least 4 members (excludes halogenated alkanes) is 4. The Balaban J connectivity index is -0.000000287. The SMILES string of the molecule is CC1=[C-]C(C)C(C)=C1C.CCCCCCCC([NH-])=O.C[SiH]C.[Ti+2]. The molecule has 0 aromatic heterocycles. The second-order valence-corrected chi connectivity index (χ2v) is 7.12. The molecule has 1 amide bonds. The van der Waals surface area contributed by atoms with Gasteiger partial charge in [-0.25, -0.2) is 5.57 Å². The van der Waals surface area contributed by atoms with Crippen LogP contribution in [0, 0.1) is 12.0 Å². The number of hydrogen-bond donors (Lipinski definition) is 0. The Kier molecular flexibility index (Phi) is 22.0. The van der Waals surface area contributed by atoms with Gasteiger partial charge < -0.3 is 10.5 Å². The van der Waals surface area contributed by atoms with Crippen molar-refractivity contribution in [2.24, 2.45) is 5.92 Å². The summed E-state index contributed by atoms with van der Waals surface area (Å²) in [6.45, 7) is 15.2. The van der Waals surface area contributed by atoms with Crippen LogP contribution in [0.4, 0.5) is 0 Å². The summed E-state index contributed by atoms with van der Waals surface area (Å²) in [7, 11) is 0.750. The second kappa shape index (κ2) is 18.2. The van der Waals surface area contributed by atoms with E-state index in [4.69, 9.17) is 5.73 Å². The minimum absolute atomic E-state index is 0. The third-order valence-electron chi connectivity index (χ3n) is 3.74. The molecule has 0 spiro atoms. The van der Waals surface area contributed by atoms with Crippen LogP contribution in [0.15, 0.2) is 16.7 Å². The third kappa shape index (κ3) is 16.5. The molecule has 0 bridgehead atoms. The van der Waals surface area contributed by atoms with Crippen LogP contribution in [0.25, 0.3) is 5.73 Å². The van der Waals surface area contributed by atoms with Gasteiger partial charge in [-0.2, -0.15) is 11.1 Å². The Hall–Kier alpha value is -0.119. The molecule has 0 fully saturated rings. The summed E-state index contributed by atoms with van der Waals surface area (Å²) in [6, 6.07) is 0. The van der Waals surface area contributed by atoms with E-state index in [9.17, 15) is 4.79 Å². The van der Waals surface area contributed by atoms with Crippen molar-refractivity contribution in [1.82, 2.24) is 0 Å². The average molecular weight is 370 g/mol. The van der Waals surface area contributed by atoms with Crippen molar-refractivity contribution in [2.75, 3.05) is 0 Å². The van der Waals surface area contributed by atoms with E-state index in [0.29, 0.717) is 12.3 Å². The molecule has 0 aromatic rings. The van der Waals surface area contributed by atoms with Crippen molar-refractivity contribution < 1.29 is 26.5 Å². The Morgan fingerprint density at radius 2 is 1.61 bits per heavy atom. The monoisotopic (exact) mass is 370 g/mol. The summed E-state index contributed by atoms with van der Waals surface area (Å²) in [6.07, 6.45) is 9.52. The predicted molar refractivity (Wildman–Crippen MR) is 102 cm³/mol. The molecule has 1 unspecified atom stereocenters. The zero-order valence-electron chi connectivity index (χ0n) is 16.3. The number of carbonyl (C=O) groups excluding carboxylic acids is 1. The van der Waals surface area contributed by atoms with Crippen molar-refractivity contribution in [3.63, 3.8) is 0 Å². The largest absolute Gasteiger partial charge is 2.00 e. The maximum Gasteiger partial charge on any atom is 2.00 e. The normalized spacial score (nSPS) is 15.6. The summed E-state index contributed by atoms with van der Waals surface area (Å²) >= 11 is 0. The molecule has 0 saturated carbocycles. The summed E-state index contributed by atoms with van der Waals surface area (Å²) in [4.78, 5) is 10.1. The number of rotatable bonds is 6. The molecule has 1 aliphatic rings. The van der Waals surface area contributed by atoms with Crippen LogP contribution in [0.3, 0.4) is 0 Å². The van der Waals surface area contributed by atoms with Crippen LogP contribution in [-0.2, 0) is 26.5 Å². The Labute approximate surface area is 162 Å². The number of carbonyl (C=O) groups is 1. The van der Waals surface area contributed by atoms with E-state index in [2.05, 4.69) is 53.8 Å². The number of amides is 1. The van der Waals surface area contributed by atoms with Crippen LogP contribution in [-0.4, -0.2) is 15.4 Å². The van der Waals surface area contributed by atoms with Gasteiger partial charge >= 0.3 is 21.7 Å². The van der Waals surface area contributed by atoms with Crippen molar-refractivity contribution in [3.05, 3.63) is 28.5 Å². The number of nitrogens with one attached hydrogen (secondary N) is 1. The minimum Gasteiger partial charge on any atom is -0.668 e. The summed E-state index contributed by atoms with van der Waals surface area (Å²) in [5.41, 5.74) is 10.9. The van der Waals surface area contributed by atoms with Crippen molar-refractivity contribution in [2.45, 2.75) is 86.2 Å². The third-order valence-corrected chi connectivity index (χ3v) is 3.74. The van der Waals surface area contributed by atoms with Crippen LogP contribution >= 0.6 is 0 Å². The van der Waals surface area contributed by atoms with Gasteiger partial charge in [-0.3, -0.25) is 6.08 Å². The van der Waals surface area contributed by atoms with E-state index in [0.717, 1.165) is 22.4 Å². The predicted octanol–water partition coefficient (Wildman–Crippen LogP) is 6.16. The molecule has 23 heavy (non-hydrogen) atoms. The molecule has 0 heterocycles. The minimum atomic E-state index is -0.420. The fraction of sp³-hybridized carbons (Fsp3) is 0.737. The molecule has 2 nitrogen and oxygen atoms in total. The van der Waals surface area contributed by atoms with E-state index in [-0.39, 0.29) is 21.7 Å². The number of hydrogen-bond acceptors (Lipinski definition) is 1. The van der Waals surface area contributed by atoms with E-state index < -0.39 is 5.91 Å².